The van der Waals surface area contributed by atoms with Crippen molar-refractivity contribution in [3.05, 3.63) is 99.7 Å². The van der Waals surface area contributed by atoms with E-state index in [1.165, 1.54) is 13.8 Å². The normalized spacial score (nSPS) is 28.5. The number of halogens is 3. The summed E-state index contributed by atoms with van der Waals surface area (Å²) in [7, 11) is -5.28. The number of cyclic esters (lactones) is 1. The summed E-state index contributed by atoms with van der Waals surface area (Å²) in [6.45, 7) is 9.19. The number of alkyl halides is 3. The number of aromatic nitrogens is 1. The lowest BCUT2D eigenvalue weighted by Gasteiger charge is -2.57. The van der Waals surface area contributed by atoms with Gasteiger partial charge in [0.05, 0.1) is 37.4 Å². The molecule has 7 nitrogen and oxygen atoms in total. The van der Waals surface area contributed by atoms with Crippen molar-refractivity contribution < 1.29 is 66.1 Å². The van der Waals surface area contributed by atoms with Crippen molar-refractivity contribution in [1.82, 2.24) is 4.98 Å². The number of pyridine rings is 1. The van der Waals surface area contributed by atoms with E-state index < -0.39 is 186 Å². The van der Waals surface area contributed by atoms with E-state index in [0.717, 1.165) is 41.7 Å². The molecule has 4 rings (SSSR count). The Bertz CT molecular complexity index is 3020. The first-order valence-corrected chi connectivity index (χ1v) is 17.4. The van der Waals surface area contributed by atoms with E-state index in [-0.39, 0.29) is 11.1 Å². The first-order chi connectivity index (χ1) is 33.1. The summed E-state index contributed by atoms with van der Waals surface area (Å²) in [5, 5.41) is -1.88. The topological polar surface area (TPSA) is 94.6 Å². The molecular formula is C42H55F3N2O5S. The monoisotopic (exact) mass is 779 g/mol. The molecule has 2 unspecified atom stereocenters. The lowest BCUT2D eigenvalue weighted by Crippen LogP contribution is -2.62. The highest BCUT2D eigenvalue weighted by Gasteiger charge is 2.62. The predicted octanol–water partition coefficient (Wildman–Crippen LogP) is 10.6. The average Bonchev–Trinajstić information content (AvgIpc) is 3.23. The van der Waals surface area contributed by atoms with Crippen molar-refractivity contribution in [3.8, 4) is 0 Å². The SMILES string of the molecule is [2H]c1nc(S(=O)(=O)N([2H])c2c([2H])c([2H])c([2H])c([C@]([2H])(C3=C(OC)C(C)(C)[C@](C([2H])(C)C([2H])([2H])c4c([2H])c([2H])c(C)c(C)c4[2H])(C([2H])(C)C([2H])([2H])C([2H])([2H])C)OC3=O)C(C)(C)C([2H])([2H])C)c2[2H])c([2H])c([2H])c1C(F)(F)F. The Morgan fingerprint density at radius 3 is 2.34 bits per heavy atom. The highest BCUT2D eigenvalue weighted by molar-refractivity contribution is 7.92. The van der Waals surface area contributed by atoms with Gasteiger partial charge in [0.25, 0.3) is 10.0 Å². The summed E-state index contributed by atoms with van der Waals surface area (Å²) < 4.78 is 280. The molecule has 11 heteroatoms. The van der Waals surface area contributed by atoms with E-state index in [4.69, 9.17) is 27.3 Å². The number of carbonyl (C=O) groups is 1. The number of hydrogen-bond acceptors (Lipinski definition) is 6. The number of nitrogens with one attached hydrogen (secondary N) is 1. The number of anilines is 1. The Morgan fingerprint density at radius 2 is 1.74 bits per heavy atom. The summed E-state index contributed by atoms with van der Waals surface area (Å²) in [6.07, 6.45) is -20.9. The van der Waals surface area contributed by atoms with E-state index in [1.807, 2.05) is 0 Å². The van der Waals surface area contributed by atoms with Crippen LogP contribution in [-0.2, 0) is 36.8 Å². The molecule has 0 amide bonds. The number of nitrogens with zero attached hydrogens (tertiary/aromatic N) is 1. The Balaban J connectivity index is 2.39. The van der Waals surface area contributed by atoms with Gasteiger partial charge in [-0.05, 0) is 98.2 Å². The Hall–Kier alpha value is -3.86. The maximum absolute atomic E-state index is 15.7. The molecule has 1 aliphatic heterocycles. The second-order valence-corrected chi connectivity index (χ2v) is 14.6. The van der Waals surface area contributed by atoms with Gasteiger partial charge >= 0.3 is 12.1 Å². The Labute approximate surface area is 344 Å². The van der Waals surface area contributed by atoms with Crippen molar-refractivity contribution in [3.63, 3.8) is 0 Å². The molecule has 0 fully saturated rings. The first-order valence-electron chi connectivity index (χ1n) is 26.9. The highest BCUT2D eigenvalue weighted by atomic mass is 32.2. The molecule has 0 radical (unpaired) electrons. The molecule has 2 heterocycles. The number of rotatable bonds is 14. The Morgan fingerprint density at radius 1 is 1.06 bits per heavy atom. The molecule has 0 bridgehead atoms. The molecule has 290 valence electrons. The van der Waals surface area contributed by atoms with Crippen molar-refractivity contribution in [2.75, 3.05) is 11.8 Å². The number of sulfonamides is 1. The molecule has 0 aliphatic carbocycles. The molecule has 53 heavy (non-hydrogen) atoms. The van der Waals surface area contributed by atoms with E-state index in [9.17, 15) is 33.9 Å². The summed E-state index contributed by atoms with van der Waals surface area (Å²) in [6, 6.07) is -12.2. The molecule has 1 aromatic heterocycles. The van der Waals surface area contributed by atoms with E-state index in [1.54, 1.807) is 0 Å². The van der Waals surface area contributed by atoms with E-state index in [2.05, 4.69) is 4.98 Å². The lowest BCUT2D eigenvalue weighted by molar-refractivity contribution is -0.206. The maximum Gasteiger partial charge on any atom is 0.417 e. The minimum atomic E-state index is -6.06. The van der Waals surface area contributed by atoms with Gasteiger partial charge in [0, 0.05) is 38.7 Å². The van der Waals surface area contributed by atoms with Gasteiger partial charge in [0.1, 0.15) is 11.4 Å². The number of methoxy groups -OCH3 is 1. The summed E-state index contributed by atoms with van der Waals surface area (Å²) in [5.41, 5.74) is -16.7. The summed E-state index contributed by atoms with van der Waals surface area (Å²) >= 11 is 0. The smallest absolute Gasteiger partial charge is 0.417 e. The van der Waals surface area contributed by atoms with Crippen LogP contribution in [0.4, 0.5) is 18.9 Å². The van der Waals surface area contributed by atoms with Crippen LogP contribution in [0.3, 0.4) is 0 Å². The van der Waals surface area contributed by atoms with Gasteiger partial charge in [-0.3, -0.25) is 4.72 Å². The predicted molar refractivity (Wildman–Crippen MR) is 203 cm³/mol. The second kappa shape index (κ2) is 15.5. The third-order valence-corrected chi connectivity index (χ3v) is 10.0. The minimum absolute atomic E-state index is 0.0446. The zero-order valence-corrected chi connectivity index (χ0v) is 31.8. The zero-order valence-electron chi connectivity index (χ0n) is 53.0. The molecule has 1 N–H and O–H groups in total. The molecule has 0 spiro atoms. The largest absolute Gasteiger partial charge is 0.500 e. The van der Waals surface area contributed by atoms with Crippen LogP contribution in [0.1, 0.15) is 137 Å². The van der Waals surface area contributed by atoms with Gasteiger partial charge in [0.2, 0.25) is 0 Å². The summed E-state index contributed by atoms with van der Waals surface area (Å²) in [4.78, 5) is 18.7. The molecule has 0 saturated carbocycles. The van der Waals surface area contributed by atoms with Crippen molar-refractivity contribution in [2.45, 2.75) is 117 Å². The molecule has 4 atom stereocenters. The van der Waals surface area contributed by atoms with Crippen LogP contribution in [0, 0.1) is 36.5 Å². The Kier molecular flexibility index (Phi) is 6.05. The summed E-state index contributed by atoms with van der Waals surface area (Å²) in [5.74, 6) is -13.8. The van der Waals surface area contributed by atoms with Crippen LogP contribution in [0.2, 0.25) is 1.41 Å². The molecule has 0 saturated heterocycles. The molecular weight excluding hydrogens is 702 g/mol. The van der Waals surface area contributed by atoms with E-state index in [0.29, 0.717) is 20.8 Å². The average molecular weight is 779 g/mol. The van der Waals surface area contributed by atoms with Gasteiger partial charge in [-0.25, -0.2) is 9.78 Å². The molecule has 2 aromatic carbocycles. The fourth-order valence-corrected chi connectivity index (χ4v) is 6.84. The van der Waals surface area contributed by atoms with E-state index >= 15 is 4.79 Å². The van der Waals surface area contributed by atoms with Crippen LogP contribution in [0.15, 0.2) is 76.9 Å². The van der Waals surface area contributed by atoms with Crippen LogP contribution < -0.4 is 4.72 Å². The highest BCUT2D eigenvalue weighted by Crippen LogP contribution is 2.59. The van der Waals surface area contributed by atoms with Crippen molar-refractivity contribution in [1.29, 1.82) is 0 Å². The zero-order chi connectivity index (χ0) is 59.2. The number of esters is 1. The first kappa shape index (κ1) is 20.7. The molecule has 3 aromatic rings. The maximum atomic E-state index is 15.7. The van der Waals surface area contributed by atoms with Crippen LogP contribution in [-0.4, -0.2) is 32.1 Å². The number of hydrogen-bond donors (Lipinski definition) is 1. The quantitative estimate of drug-likeness (QED) is 0.164. The number of carbonyl (C=O) groups excluding carboxylic acids is 1. The van der Waals surface area contributed by atoms with Gasteiger partial charge < -0.3 is 9.47 Å². The number of ether oxygens (including phenoxy) is 2. The molecule has 1 aliphatic rings. The minimum Gasteiger partial charge on any atom is -0.500 e. The standard InChI is InChI=1S/C42H55F3N2O5S/c1-12-15-28(5)41(29(6)23-30-19-18-26(3)27(4)22-30)40(9,10)37(51-11)35(38(48)52-41)36(39(7,8)13-2)31-16-14-17-33(24-31)47-53(49,50)34-21-20-32(25-46-34)42(43,44)45/h14,16-22,24-25,28-29,36,47H,12-13,15,23H2,1-11H3/t28?,29?,36-,41-/m1/s1/i12D2,13D2,14D,15D2,16D,17D,18D,19D,20D,21D,22D,23D2,24D,25D,28D,29D,36D/hD. The van der Waals surface area contributed by atoms with Crippen molar-refractivity contribution >= 4 is 21.7 Å². The third-order valence-electron chi connectivity index (χ3n) is 8.92. The van der Waals surface area contributed by atoms with Crippen molar-refractivity contribution in [2.24, 2.45) is 22.6 Å². The van der Waals surface area contributed by atoms with Crippen LogP contribution >= 0.6 is 0 Å². The van der Waals surface area contributed by atoms with Gasteiger partial charge in [0.15, 0.2) is 6.44 Å². The second-order valence-electron chi connectivity index (χ2n) is 13.0. The number of benzene rings is 2. The van der Waals surface area contributed by atoms with Gasteiger partial charge in [-0.1, -0.05) is 84.5 Å². The van der Waals surface area contributed by atoms with Crippen LogP contribution in [0.25, 0.3) is 0 Å². The fourth-order valence-electron chi connectivity index (χ4n) is 6.08. The third kappa shape index (κ3) is 8.15. The van der Waals surface area contributed by atoms with Gasteiger partial charge in [-0.2, -0.15) is 21.6 Å². The van der Waals surface area contributed by atoms with Gasteiger partial charge in [-0.15, -0.1) is 0 Å². The lowest BCUT2D eigenvalue weighted by atomic mass is 9.56. The fraction of sp³-hybridized carbons (Fsp3) is 0.524. The van der Waals surface area contributed by atoms with Crippen LogP contribution in [0.5, 0.6) is 0 Å².